The van der Waals surface area contributed by atoms with Crippen molar-refractivity contribution in [2.24, 2.45) is 11.8 Å². The molecule has 0 aliphatic carbocycles. The molecule has 2 heterocycles. The Kier molecular flexibility index (Phi) is 7.02. The number of aryl methyl sites for hydroxylation is 1. The molecule has 3 rings (SSSR count). The van der Waals surface area contributed by atoms with Gasteiger partial charge in [-0.25, -0.2) is 4.98 Å². The summed E-state index contributed by atoms with van der Waals surface area (Å²) in [7, 11) is 0. The third kappa shape index (κ3) is 5.06. The van der Waals surface area contributed by atoms with Gasteiger partial charge in [0.1, 0.15) is 6.26 Å². The lowest BCUT2D eigenvalue weighted by Gasteiger charge is -2.27. The topological polar surface area (TPSA) is 67.2 Å². The van der Waals surface area contributed by atoms with E-state index in [2.05, 4.69) is 22.5 Å². The molecular weight excluding hydrogens is 338 g/mol. The molecule has 1 aliphatic heterocycles. The zero-order valence-corrected chi connectivity index (χ0v) is 15.6. The number of benzene rings is 1. The Labute approximate surface area is 155 Å². The van der Waals surface area contributed by atoms with Crippen LogP contribution in [0.2, 0.25) is 0 Å². The highest BCUT2D eigenvalue weighted by molar-refractivity contribution is 5.91. The highest BCUT2D eigenvalue weighted by Crippen LogP contribution is 2.27. The lowest BCUT2D eigenvalue weighted by molar-refractivity contribution is -0.117. The van der Waals surface area contributed by atoms with Crippen LogP contribution in [-0.4, -0.2) is 24.0 Å². The molecule has 1 unspecified atom stereocenters. The Hall–Kier alpha value is -1.85. The molecule has 0 spiro atoms. The molecule has 1 aromatic carbocycles. The van der Waals surface area contributed by atoms with Crippen molar-refractivity contribution in [1.82, 2.24) is 10.3 Å². The van der Waals surface area contributed by atoms with E-state index in [1.807, 2.05) is 25.1 Å². The number of nitrogens with zero attached hydrogens (tertiary/aromatic N) is 1. The summed E-state index contributed by atoms with van der Waals surface area (Å²) in [4.78, 5) is 16.6. The van der Waals surface area contributed by atoms with Gasteiger partial charge in [-0.2, -0.15) is 0 Å². The van der Waals surface area contributed by atoms with E-state index in [4.69, 9.17) is 4.42 Å². The zero-order valence-electron chi connectivity index (χ0n) is 14.7. The van der Waals surface area contributed by atoms with E-state index in [1.54, 1.807) is 12.5 Å². The van der Waals surface area contributed by atoms with Crippen molar-refractivity contribution in [3.63, 3.8) is 0 Å². The van der Waals surface area contributed by atoms with Crippen LogP contribution in [0.1, 0.15) is 31.7 Å². The molecule has 0 radical (unpaired) electrons. The first-order valence-corrected chi connectivity index (χ1v) is 8.64. The third-order valence-corrected chi connectivity index (χ3v) is 4.88. The fourth-order valence-electron chi connectivity index (χ4n) is 3.37. The highest BCUT2D eigenvalue weighted by Gasteiger charge is 2.22. The summed E-state index contributed by atoms with van der Waals surface area (Å²) in [5.41, 5.74) is 2.76. The van der Waals surface area contributed by atoms with Gasteiger partial charge in [0.2, 0.25) is 11.8 Å². The molecule has 1 atom stereocenters. The van der Waals surface area contributed by atoms with E-state index in [1.165, 1.54) is 0 Å². The normalized spacial score (nSPS) is 16.1. The van der Waals surface area contributed by atoms with Crippen LogP contribution in [-0.2, 0) is 4.79 Å². The minimum absolute atomic E-state index is 0. The van der Waals surface area contributed by atoms with Gasteiger partial charge in [-0.1, -0.05) is 13.0 Å². The van der Waals surface area contributed by atoms with E-state index in [-0.39, 0.29) is 18.3 Å². The van der Waals surface area contributed by atoms with Crippen molar-refractivity contribution in [2.45, 2.75) is 33.1 Å². The number of amides is 1. The largest absolute Gasteiger partial charge is 0.445 e. The van der Waals surface area contributed by atoms with Crippen molar-refractivity contribution < 1.29 is 9.21 Å². The summed E-state index contributed by atoms with van der Waals surface area (Å²) in [6, 6.07) is 5.83. The third-order valence-electron chi connectivity index (χ3n) is 4.88. The van der Waals surface area contributed by atoms with E-state index < -0.39 is 0 Å². The average Bonchev–Trinajstić information content (AvgIpc) is 3.11. The summed E-state index contributed by atoms with van der Waals surface area (Å²) in [6.07, 6.45) is 6.06. The summed E-state index contributed by atoms with van der Waals surface area (Å²) in [6.45, 7) is 6.31. The van der Waals surface area contributed by atoms with Crippen LogP contribution in [0, 0.1) is 18.8 Å². The van der Waals surface area contributed by atoms with Crippen molar-refractivity contribution >= 4 is 24.0 Å². The number of nitrogens with one attached hydrogen (secondary N) is 2. The Morgan fingerprint density at radius 1 is 1.40 bits per heavy atom. The molecular formula is C19H26ClN3O2. The van der Waals surface area contributed by atoms with E-state index in [9.17, 15) is 4.79 Å². The van der Waals surface area contributed by atoms with Crippen molar-refractivity contribution in [2.75, 3.05) is 18.4 Å². The SMILES string of the molecule is Cc1ccc(NC(=O)CC(C)C2CCNCC2)cc1-c1ncco1.Cl. The number of carbonyl (C=O) groups excluding carboxylic acids is 1. The molecule has 6 heteroatoms. The van der Waals surface area contributed by atoms with Gasteiger partial charge in [-0.3, -0.25) is 4.79 Å². The van der Waals surface area contributed by atoms with Crippen molar-refractivity contribution in [3.05, 3.63) is 36.2 Å². The van der Waals surface area contributed by atoms with Gasteiger partial charge in [-0.15, -0.1) is 12.4 Å². The monoisotopic (exact) mass is 363 g/mol. The molecule has 136 valence electrons. The standard InChI is InChI=1S/C19H25N3O2.ClH/c1-13-3-4-16(12-17(13)19-21-9-10-24-19)22-18(23)11-14(2)15-5-7-20-8-6-15;/h3-4,9-10,12,14-15,20H,5-8,11H2,1-2H3,(H,22,23);1H. The summed E-state index contributed by atoms with van der Waals surface area (Å²) in [5.74, 6) is 1.69. The van der Waals surface area contributed by atoms with Gasteiger partial charge in [0.25, 0.3) is 0 Å². The molecule has 0 bridgehead atoms. The van der Waals surface area contributed by atoms with Crippen LogP contribution in [0.3, 0.4) is 0 Å². The summed E-state index contributed by atoms with van der Waals surface area (Å²) in [5, 5.41) is 6.39. The number of aromatic nitrogens is 1. The minimum Gasteiger partial charge on any atom is -0.445 e. The molecule has 2 aromatic rings. The Morgan fingerprint density at radius 2 is 2.16 bits per heavy atom. The van der Waals surface area contributed by atoms with Crippen LogP contribution in [0.15, 0.2) is 35.1 Å². The first-order chi connectivity index (χ1) is 11.6. The maximum Gasteiger partial charge on any atom is 0.226 e. The number of carbonyl (C=O) groups is 1. The quantitative estimate of drug-likeness (QED) is 0.841. The number of piperidine rings is 1. The number of halogens is 1. The smallest absolute Gasteiger partial charge is 0.226 e. The number of hydrogen-bond acceptors (Lipinski definition) is 4. The maximum atomic E-state index is 12.4. The lowest BCUT2D eigenvalue weighted by Crippen LogP contribution is -2.32. The van der Waals surface area contributed by atoms with Crippen molar-refractivity contribution in [3.8, 4) is 11.5 Å². The molecule has 1 fully saturated rings. The second kappa shape index (κ2) is 9.02. The molecule has 0 saturated carbocycles. The van der Waals surface area contributed by atoms with Crippen LogP contribution >= 0.6 is 12.4 Å². The Morgan fingerprint density at radius 3 is 2.84 bits per heavy atom. The molecule has 1 amide bonds. The van der Waals surface area contributed by atoms with E-state index in [0.717, 1.165) is 42.7 Å². The first-order valence-electron chi connectivity index (χ1n) is 8.64. The minimum atomic E-state index is 0. The van der Waals surface area contributed by atoms with Gasteiger partial charge in [-0.05, 0) is 62.4 Å². The number of oxazole rings is 1. The molecule has 1 aromatic heterocycles. The maximum absolute atomic E-state index is 12.4. The molecule has 5 nitrogen and oxygen atoms in total. The number of anilines is 1. The van der Waals surface area contributed by atoms with Gasteiger partial charge in [0.15, 0.2) is 0 Å². The average molecular weight is 364 g/mol. The van der Waals surface area contributed by atoms with Gasteiger partial charge in [0.05, 0.1) is 6.20 Å². The number of hydrogen-bond donors (Lipinski definition) is 2. The zero-order chi connectivity index (χ0) is 16.9. The summed E-state index contributed by atoms with van der Waals surface area (Å²) < 4.78 is 5.37. The van der Waals surface area contributed by atoms with Crippen LogP contribution < -0.4 is 10.6 Å². The Bertz CT molecular complexity index is 682. The van der Waals surface area contributed by atoms with Gasteiger partial charge < -0.3 is 15.1 Å². The van der Waals surface area contributed by atoms with Gasteiger partial charge in [0, 0.05) is 17.7 Å². The molecule has 1 aliphatic rings. The van der Waals surface area contributed by atoms with Crippen LogP contribution in [0.4, 0.5) is 5.69 Å². The Balaban J connectivity index is 0.00000225. The molecule has 1 saturated heterocycles. The van der Waals surface area contributed by atoms with E-state index in [0.29, 0.717) is 24.1 Å². The van der Waals surface area contributed by atoms with Crippen molar-refractivity contribution in [1.29, 1.82) is 0 Å². The first kappa shape index (κ1) is 19.5. The van der Waals surface area contributed by atoms with Gasteiger partial charge >= 0.3 is 0 Å². The number of rotatable bonds is 5. The predicted octanol–water partition coefficient (Wildman–Crippen LogP) is 4.04. The van der Waals surface area contributed by atoms with E-state index >= 15 is 0 Å². The van der Waals surface area contributed by atoms with Crippen LogP contribution in [0.5, 0.6) is 0 Å². The molecule has 2 N–H and O–H groups in total. The predicted molar refractivity (Wildman–Crippen MR) is 102 cm³/mol. The lowest BCUT2D eigenvalue weighted by atomic mass is 9.84. The second-order valence-electron chi connectivity index (χ2n) is 6.68. The van der Waals surface area contributed by atoms with Crippen LogP contribution in [0.25, 0.3) is 11.5 Å². The highest BCUT2D eigenvalue weighted by atomic mass is 35.5. The fraction of sp³-hybridized carbons (Fsp3) is 0.474. The second-order valence-corrected chi connectivity index (χ2v) is 6.68. The molecule has 25 heavy (non-hydrogen) atoms. The fourth-order valence-corrected chi connectivity index (χ4v) is 3.37. The summed E-state index contributed by atoms with van der Waals surface area (Å²) >= 11 is 0.